The number of nitrogens with one attached hydrogen (secondary N) is 1. The Hall–Kier alpha value is -2.46. The van der Waals surface area contributed by atoms with Crippen molar-refractivity contribution in [1.29, 1.82) is 0 Å². The normalized spacial score (nSPS) is 15.3. The predicted molar refractivity (Wildman–Crippen MR) is 92.4 cm³/mol. The number of fused-ring (bicyclic) bond motifs is 1. The monoisotopic (exact) mass is 380 g/mol. The fraction of sp³-hybridized carbons (Fsp3) is 0.438. The highest BCUT2D eigenvalue weighted by Crippen LogP contribution is 2.34. The van der Waals surface area contributed by atoms with Crippen molar-refractivity contribution in [2.75, 3.05) is 18.1 Å². The summed E-state index contributed by atoms with van der Waals surface area (Å²) in [6, 6.07) is 3.72. The van der Waals surface area contributed by atoms with E-state index in [0.29, 0.717) is 36.8 Å². The Kier molecular flexibility index (Phi) is 4.97. The third-order valence-corrected chi connectivity index (χ3v) is 5.52. The first-order chi connectivity index (χ1) is 12.3. The Morgan fingerprint density at radius 2 is 2.19 bits per heavy atom. The highest BCUT2D eigenvalue weighted by atomic mass is 32.2. The summed E-state index contributed by atoms with van der Waals surface area (Å²) >= 11 is 0. The van der Waals surface area contributed by atoms with Crippen LogP contribution >= 0.6 is 0 Å². The Bertz CT molecular complexity index is 924. The number of nitrogens with zero attached hydrogens (tertiary/aromatic N) is 3. The van der Waals surface area contributed by atoms with Gasteiger partial charge >= 0.3 is 0 Å². The molecule has 26 heavy (non-hydrogen) atoms. The molecule has 1 aliphatic heterocycles. The molecule has 10 heteroatoms. The van der Waals surface area contributed by atoms with Crippen LogP contribution in [0.2, 0.25) is 0 Å². The number of hydrogen-bond acceptors (Lipinski definition) is 7. The number of carbonyl (C=O) groups is 1. The molecular formula is C16H20N4O5S. The SMILES string of the molecule is CCc1noc([C@H](C)NS(=O)(=O)c2ccc3c(c2)N(C(C)=O)CCO3)n1. The van der Waals surface area contributed by atoms with E-state index in [1.807, 2.05) is 6.92 Å². The molecule has 0 radical (unpaired) electrons. The minimum absolute atomic E-state index is 0.0232. The fourth-order valence-electron chi connectivity index (χ4n) is 2.63. The summed E-state index contributed by atoms with van der Waals surface area (Å²) in [5.74, 6) is 0.998. The number of amides is 1. The van der Waals surface area contributed by atoms with Gasteiger partial charge in [-0.15, -0.1) is 0 Å². The lowest BCUT2D eigenvalue weighted by molar-refractivity contribution is -0.116. The molecule has 0 unspecified atom stereocenters. The van der Waals surface area contributed by atoms with Gasteiger partial charge in [-0.05, 0) is 25.1 Å². The lowest BCUT2D eigenvalue weighted by atomic mass is 10.2. The van der Waals surface area contributed by atoms with Crippen LogP contribution in [-0.2, 0) is 21.2 Å². The summed E-state index contributed by atoms with van der Waals surface area (Å²) in [6.07, 6.45) is 0.592. The van der Waals surface area contributed by atoms with Crippen molar-refractivity contribution in [2.24, 2.45) is 0 Å². The smallest absolute Gasteiger partial charge is 0.244 e. The van der Waals surface area contributed by atoms with Crippen LogP contribution in [0.4, 0.5) is 5.69 Å². The molecule has 0 saturated carbocycles. The van der Waals surface area contributed by atoms with Crippen LogP contribution in [-0.4, -0.2) is 37.6 Å². The largest absolute Gasteiger partial charge is 0.490 e. The molecule has 2 heterocycles. The van der Waals surface area contributed by atoms with Crippen molar-refractivity contribution < 1.29 is 22.5 Å². The highest BCUT2D eigenvalue weighted by molar-refractivity contribution is 7.89. The van der Waals surface area contributed by atoms with Crippen LogP contribution in [0.3, 0.4) is 0 Å². The lowest BCUT2D eigenvalue weighted by Gasteiger charge is -2.29. The molecule has 140 valence electrons. The van der Waals surface area contributed by atoms with Gasteiger partial charge in [0, 0.05) is 13.3 Å². The second-order valence-electron chi connectivity index (χ2n) is 5.89. The topological polar surface area (TPSA) is 115 Å². The summed E-state index contributed by atoms with van der Waals surface area (Å²) in [7, 11) is -3.86. The molecule has 0 fully saturated rings. The van der Waals surface area contributed by atoms with Crippen LogP contribution in [0.15, 0.2) is 27.6 Å². The number of sulfonamides is 1. The van der Waals surface area contributed by atoms with E-state index in [1.54, 1.807) is 13.0 Å². The minimum atomic E-state index is -3.86. The summed E-state index contributed by atoms with van der Waals surface area (Å²) in [5, 5.41) is 3.76. The molecule has 0 saturated heterocycles. The van der Waals surface area contributed by atoms with Gasteiger partial charge in [0.25, 0.3) is 0 Å². The summed E-state index contributed by atoms with van der Waals surface area (Å²) in [5.41, 5.74) is 0.435. The standard InChI is InChI=1S/C16H20N4O5S/c1-4-15-17-16(25-18-15)10(2)19-26(22,23)12-5-6-14-13(9-12)20(11(3)21)7-8-24-14/h5-6,9-10,19H,4,7-8H2,1-3H3/t10-/m0/s1. The molecule has 0 spiro atoms. The van der Waals surface area contributed by atoms with E-state index in [-0.39, 0.29) is 16.7 Å². The second kappa shape index (κ2) is 7.04. The van der Waals surface area contributed by atoms with E-state index in [2.05, 4.69) is 14.9 Å². The molecule has 0 aliphatic carbocycles. The number of aryl methyl sites for hydroxylation is 1. The maximum absolute atomic E-state index is 12.7. The maximum Gasteiger partial charge on any atom is 0.244 e. The molecule has 1 amide bonds. The Morgan fingerprint density at radius 3 is 2.85 bits per heavy atom. The van der Waals surface area contributed by atoms with Gasteiger partial charge in [-0.3, -0.25) is 4.79 Å². The van der Waals surface area contributed by atoms with E-state index in [9.17, 15) is 13.2 Å². The van der Waals surface area contributed by atoms with Crippen molar-refractivity contribution in [2.45, 2.75) is 38.1 Å². The van der Waals surface area contributed by atoms with Gasteiger partial charge < -0.3 is 14.2 Å². The molecule has 1 aliphatic rings. The third kappa shape index (κ3) is 3.56. The first kappa shape index (κ1) is 18.3. The van der Waals surface area contributed by atoms with Crippen LogP contribution in [0, 0.1) is 0 Å². The molecule has 3 rings (SSSR count). The van der Waals surface area contributed by atoms with Gasteiger partial charge in [0.15, 0.2) is 5.82 Å². The summed E-state index contributed by atoms with van der Waals surface area (Å²) in [4.78, 5) is 17.4. The first-order valence-corrected chi connectivity index (χ1v) is 9.70. The fourth-order valence-corrected chi connectivity index (χ4v) is 3.85. The molecular weight excluding hydrogens is 360 g/mol. The zero-order valence-electron chi connectivity index (χ0n) is 14.7. The van der Waals surface area contributed by atoms with Gasteiger partial charge in [0.2, 0.25) is 21.8 Å². The zero-order chi connectivity index (χ0) is 18.9. The van der Waals surface area contributed by atoms with E-state index >= 15 is 0 Å². The molecule has 0 bridgehead atoms. The van der Waals surface area contributed by atoms with Gasteiger partial charge in [0.1, 0.15) is 12.4 Å². The Balaban J connectivity index is 1.87. The highest BCUT2D eigenvalue weighted by Gasteiger charge is 2.26. The van der Waals surface area contributed by atoms with Crippen LogP contribution in [0.1, 0.15) is 38.5 Å². The first-order valence-electron chi connectivity index (χ1n) is 8.21. The van der Waals surface area contributed by atoms with E-state index in [1.165, 1.54) is 24.0 Å². The van der Waals surface area contributed by atoms with Crippen molar-refractivity contribution in [3.05, 3.63) is 29.9 Å². The molecule has 1 atom stereocenters. The van der Waals surface area contributed by atoms with E-state index < -0.39 is 16.1 Å². The number of benzene rings is 1. The van der Waals surface area contributed by atoms with E-state index in [4.69, 9.17) is 9.26 Å². The van der Waals surface area contributed by atoms with Gasteiger partial charge in [-0.1, -0.05) is 12.1 Å². The quantitative estimate of drug-likeness (QED) is 0.834. The summed E-state index contributed by atoms with van der Waals surface area (Å²) < 4.78 is 38.5. The number of aromatic nitrogens is 2. The van der Waals surface area contributed by atoms with Gasteiger partial charge in [0.05, 0.1) is 23.2 Å². The number of rotatable bonds is 5. The van der Waals surface area contributed by atoms with Gasteiger partial charge in [-0.25, -0.2) is 8.42 Å². The molecule has 1 N–H and O–H groups in total. The second-order valence-corrected chi connectivity index (χ2v) is 7.61. The molecule has 2 aromatic rings. The van der Waals surface area contributed by atoms with Crippen molar-refractivity contribution in [1.82, 2.24) is 14.9 Å². The third-order valence-electron chi connectivity index (χ3n) is 3.99. The number of ether oxygens (including phenoxy) is 1. The number of carbonyl (C=O) groups excluding carboxylic acids is 1. The predicted octanol–water partition coefficient (Wildman–Crippen LogP) is 1.42. The van der Waals surface area contributed by atoms with Crippen molar-refractivity contribution >= 4 is 21.6 Å². The Morgan fingerprint density at radius 1 is 1.42 bits per heavy atom. The molecule has 1 aromatic heterocycles. The van der Waals surface area contributed by atoms with Gasteiger partial charge in [-0.2, -0.15) is 9.71 Å². The average molecular weight is 380 g/mol. The number of hydrogen-bond donors (Lipinski definition) is 1. The minimum Gasteiger partial charge on any atom is -0.490 e. The lowest BCUT2D eigenvalue weighted by Crippen LogP contribution is -2.36. The maximum atomic E-state index is 12.7. The van der Waals surface area contributed by atoms with Crippen molar-refractivity contribution in [3.63, 3.8) is 0 Å². The average Bonchev–Trinajstić information content (AvgIpc) is 3.09. The van der Waals surface area contributed by atoms with Crippen LogP contribution in [0.5, 0.6) is 5.75 Å². The zero-order valence-corrected chi connectivity index (χ0v) is 15.5. The Labute approximate surface area is 151 Å². The number of anilines is 1. The van der Waals surface area contributed by atoms with E-state index in [0.717, 1.165) is 0 Å². The molecule has 1 aromatic carbocycles. The van der Waals surface area contributed by atoms with Crippen LogP contribution in [0.25, 0.3) is 0 Å². The van der Waals surface area contributed by atoms with Crippen molar-refractivity contribution in [3.8, 4) is 5.75 Å². The molecule has 9 nitrogen and oxygen atoms in total. The summed E-state index contributed by atoms with van der Waals surface area (Å²) in [6.45, 7) is 5.66. The van der Waals surface area contributed by atoms with Crippen LogP contribution < -0.4 is 14.4 Å².